The van der Waals surface area contributed by atoms with Crippen LogP contribution in [0.4, 0.5) is 0 Å². The SMILES string of the molecule is COc1ccc(Br)c(CCC#C[Si](C(C)C)(C(C)C)C(C)C)c1. The van der Waals surface area contributed by atoms with Crippen molar-refractivity contribution in [2.24, 2.45) is 0 Å². The molecule has 0 aliphatic heterocycles. The van der Waals surface area contributed by atoms with Gasteiger partial charge in [0.1, 0.15) is 13.8 Å². The molecule has 128 valence electrons. The number of hydrogen-bond acceptors (Lipinski definition) is 1. The zero-order valence-corrected chi connectivity index (χ0v) is 18.3. The number of hydrogen-bond donors (Lipinski definition) is 0. The molecule has 0 unspecified atom stereocenters. The molecular formula is C20H31BrOSi. The quantitative estimate of drug-likeness (QED) is 0.389. The summed E-state index contributed by atoms with van der Waals surface area (Å²) in [5.41, 5.74) is 7.14. The van der Waals surface area contributed by atoms with E-state index in [4.69, 9.17) is 4.74 Å². The maximum absolute atomic E-state index is 5.31. The Morgan fingerprint density at radius 1 is 1.04 bits per heavy atom. The van der Waals surface area contributed by atoms with Crippen molar-refractivity contribution < 1.29 is 4.74 Å². The second-order valence-corrected chi connectivity index (χ2v) is 13.6. The number of methoxy groups -OCH3 is 1. The van der Waals surface area contributed by atoms with Crippen molar-refractivity contribution in [3.05, 3.63) is 28.2 Å². The third-order valence-corrected chi connectivity index (χ3v) is 12.1. The zero-order chi connectivity index (χ0) is 17.6. The van der Waals surface area contributed by atoms with Gasteiger partial charge in [0, 0.05) is 10.9 Å². The molecule has 0 atom stereocenters. The predicted molar refractivity (Wildman–Crippen MR) is 108 cm³/mol. The molecule has 0 saturated heterocycles. The van der Waals surface area contributed by atoms with E-state index in [0.29, 0.717) is 16.6 Å². The van der Waals surface area contributed by atoms with Crippen molar-refractivity contribution in [3.63, 3.8) is 0 Å². The first-order valence-corrected chi connectivity index (χ1v) is 11.6. The van der Waals surface area contributed by atoms with Gasteiger partial charge < -0.3 is 4.74 Å². The van der Waals surface area contributed by atoms with Gasteiger partial charge in [-0.05, 0) is 46.8 Å². The molecular weight excluding hydrogens is 364 g/mol. The maximum Gasteiger partial charge on any atom is 0.145 e. The Hall–Kier alpha value is -0.723. The highest BCUT2D eigenvalue weighted by Gasteiger charge is 2.41. The minimum absolute atomic E-state index is 0.693. The molecule has 3 heteroatoms. The third-order valence-electron chi connectivity index (χ3n) is 4.94. The number of rotatable bonds is 6. The molecule has 23 heavy (non-hydrogen) atoms. The van der Waals surface area contributed by atoms with Crippen molar-refractivity contribution in [3.8, 4) is 17.2 Å². The summed E-state index contributed by atoms with van der Waals surface area (Å²) < 4.78 is 6.45. The Kier molecular flexibility index (Phi) is 7.90. The van der Waals surface area contributed by atoms with Gasteiger partial charge >= 0.3 is 0 Å². The summed E-state index contributed by atoms with van der Waals surface area (Å²) in [5, 5.41) is 0. The van der Waals surface area contributed by atoms with Crippen LogP contribution in [0.2, 0.25) is 16.6 Å². The molecule has 0 saturated carbocycles. The van der Waals surface area contributed by atoms with Gasteiger partial charge in [0.25, 0.3) is 0 Å². The number of halogens is 1. The van der Waals surface area contributed by atoms with Crippen molar-refractivity contribution >= 4 is 24.0 Å². The largest absolute Gasteiger partial charge is 0.497 e. The monoisotopic (exact) mass is 394 g/mol. The van der Waals surface area contributed by atoms with Crippen LogP contribution in [0.3, 0.4) is 0 Å². The lowest BCUT2D eigenvalue weighted by Gasteiger charge is -2.38. The Bertz CT molecular complexity index is 545. The van der Waals surface area contributed by atoms with Gasteiger partial charge in [-0.15, -0.1) is 11.5 Å². The molecule has 1 nitrogen and oxygen atoms in total. The molecule has 0 N–H and O–H groups in total. The van der Waals surface area contributed by atoms with E-state index in [9.17, 15) is 0 Å². The first kappa shape index (κ1) is 20.3. The van der Waals surface area contributed by atoms with E-state index in [1.807, 2.05) is 6.07 Å². The average Bonchev–Trinajstić information content (AvgIpc) is 2.47. The molecule has 0 heterocycles. The average molecular weight is 395 g/mol. The fraction of sp³-hybridized carbons (Fsp3) is 0.600. The second kappa shape index (κ2) is 8.94. The summed E-state index contributed by atoms with van der Waals surface area (Å²) in [4.78, 5) is 0. The minimum Gasteiger partial charge on any atom is -0.497 e. The summed E-state index contributed by atoms with van der Waals surface area (Å²) >= 11 is 3.63. The summed E-state index contributed by atoms with van der Waals surface area (Å²) in [5.74, 6) is 4.44. The van der Waals surface area contributed by atoms with E-state index in [1.54, 1.807) is 7.11 Å². The molecule has 0 radical (unpaired) electrons. The standard InChI is InChI=1S/C20H31BrOSi/c1-15(2)23(16(3)4,17(5)6)13-9-8-10-18-14-19(22-7)11-12-20(18)21/h11-12,14-17H,8,10H2,1-7H3. The summed E-state index contributed by atoms with van der Waals surface area (Å²) in [6.45, 7) is 14.2. The highest BCUT2D eigenvalue weighted by Crippen LogP contribution is 2.40. The summed E-state index contributed by atoms with van der Waals surface area (Å²) in [7, 11) is 0.114. The van der Waals surface area contributed by atoms with Crippen LogP contribution in [0.5, 0.6) is 5.75 Å². The summed E-state index contributed by atoms with van der Waals surface area (Å²) in [6, 6.07) is 6.13. The van der Waals surface area contributed by atoms with Crippen molar-refractivity contribution in [1.82, 2.24) is 0 Å². The molecule has 0 amide bonds. The van der Waals surface area contributed by atoms with Crippen LogP contribution in [0, 0.1) is 11.5 Å². The Morgan fingerprint density at radius 2 is 1.61 bits per heavy atom. The van der Waals surface area contributed by atoms with E-state index in [-0.39, 0.29) is 0 Å². The van der Waals surface area contributed by atoms with Gasteiger partial charge in [-0.2, -0.15) is 0 Å². The van der Waals surface area contributed by atoms with Crippen LogP contribution in [-0.2, 0) is 6.42 Å². The normalized spacial score (nSPS) is 11.8. The lowest BCUT2D eigenvalue weighted by molar-refractivity contribution is 0.414. The molecule has 0 aromatic heterocycles. The number of benzene rings is 1. The van der Waals surface area contributed by atoms with Crippen LogP contribution in [0.25, 0.3) is 0 Å². The van der Waals surface area contributed by atoms with Crippen molar-refractivity contribution in [1.29, 1.82) is 0 Å². The van der Waals surface area contributed by atoms with Gasteiger partial charge in [-0.1, -0.05) is 57.5 Å². The Labute approximate surface area is 152 Å². The van der Waals surface area contributed by atoms with Gasteiger partial charge in [-0.3, -0.25) is 0 Å². The number of aryl methyl sites for hydroxylation is 1. The van der Waals surface area contributed by atoms with Crippen LogP contribution in [0.15, 0.2) is 22.7 Å². The minimum atomic E-state index is -1.59. The smallest absolute Gasteiger partial charge is 0.145 e. The highest BCUT2D eigenvalue weighted by molar-refractivity contribution is 9.10. The van der Waals surface area contributed by atoms with E-state index in [0.717, 1.165) is 23.1 Å². The zero-order valence-electron chi connectivity index (χ0n) is 15.7. The number of ether oxygens (including phenoxy) is 1. The van der Waals surface area contributed by atoms with E-state index in [2.05, 4.69) is 81.1 Å². The maximum atomic E-state index is 5.31. The van der Waals surface area contributed by atoms with Crippen LogP contribution in [-0.4, -0.2) is 15.2 Å². The fourth-order valence-electron chi connectivity index (χ4n) is 3.72. The fourth-order valence-corrected chi connectivity index (χ4v) is 9.46. The van der Waals surface area contributed by atoms with E-state index < -0.39 is 8.07 Å². The van der Waals surface area contributed by atoms with Crippen molar-refractivity contribution in [2.75, 3.05) is 7.11 Å². The topological polar surface area (TPSA) is 9.23 Å². The van der Waals surface area contributed by atoms with Crippen LogP contribution in [0.1, 0.15) is 53.5 Å². The molecule has 1 aromatic carbocycles. The lowest BCUT2D eigenvalue weighted by atomic mass is 10.1. The molecule has 1 rings (SSSR count). The molecule has 0 fully saturated rings. The van der Waals surface area contributed by atoms with Crippen LogP contribution < -0.4 is 4.74 Å². The van der Waals surface area contributed by atoms with E-state index in [1.165, 1.54) is 5.56 Å². The van der Waals surface area contributed by atoms with Crippen molar-refractivity contribution in [2.45, 2.75) is 71.0 Å². The molecule has 0 spiro atoms. The molecule has 0 aliphatic rings. The highest BCUT2D eigenvalue weighted by atomic mass is 79.9. The first-order valence-electron chi connectivity index (χ1n) is 8.58. The van der Waals surface area contributed by atoms with Gasteiger partial charge in [0.15, 0.2) is 0 Å². The van der Waals surface area contributed by atoms with E-state index >= 15 is 0 Å². The third kappa shape index (κ3) is 4.87. The Morgan fingerprint density at radius 3 is 2.09 bits per heavy atom. The Balaban J connectivity index is 2.91. The van der Waals surface area contributed by atoms with Gasteiger partial charge in [0.05, 0.1) is 7.11 Å². The van der Waals surface area contributed by atoms with Crippen LogP contribution >= 0.6 is 15.9 Å². The molecule has 1 aromatic rings. The lowest BCUT2D eigenvalue weighted by Crippen LogP contribution is -2.43. The second-order valence-electron chi connectivity index (χ2n) is 7.16. The first-order chi connectivity index (χ1) is 10.8. The summed E-state index contributed by atoms with van der Waals surface area (Å²) in [6.07, 6.45) is 1.87. The molecule has 0 bridgehead atoms. The van der Waals surface area contributed by atoms with Gasteiger partial charge in [-0.25, -0.2) is 0 Å². The predicted octanol–water partition coefficient (Wildman–Crippen LogP) is 6.61. The van der Waals surface area contributed by atoms with Gasteiger partial charge in [0.2, 0.25) is 0 Å². The molecule has 0 aliphatic carbocycles.